The third-order valence-electron chi connectivity index (χ3n) is 3.63. The van der Waals surface area contributed by atoms with Gasteiger partial charge >= 0.3 is 0 Å². The Morgan fingerprint density at radius 3 is 2.71 bits per heavy atom. The third-order valence-corrected chi connectivity index (χ3v) is 3.63. The maximum Gasteiger partial charge on any atom is 0.0662 e. The van der Waals surface area contributed by atoms with Crippen LogP contribution in [0, 0.1) is 0 Å². The van der Waals surface area contributed by atoms with E-state index < -0.39 is 0 Å². The van der Waals surface area contributed by atoms with Gasteiger partial charge in [0.15, 0.2) is 0 Å². The lowest BCUT2D eigenvalue weighted by Crippen LogP contribution is -2.39. The molecule has 2 atom stereocenters. The van der Waals surface area contributed by atoms with E-state index in [-0.39, 0.29) is 11.6 Å². The molecule has 1 aromatic heterocycles. The molecule has 2 rings (SSSR count). The van der Waals surface area contributed by atoms with E-state index in [0.717, 1.165) is 18.8 Å². The van der Waals surface area contributed by atoms with E-state index in [9.17, 15) is 0 Å². The Hall–Kier alpha value is -0.870. The number of rotatable bonds is 2. The third kappa shape index (κ3) is 2.53. The lowest BCUT2D eigenvalue weighted by Gasteiger charge is -2.31. The van der Waals surface area contributed by atoms with Gasteiger partial charge in [-0.2, -0.15) is 5.10 Å². The number of nitrogens with two attached hydrogens (primary N) is 1. The first-order chi connectivity index (χ1) is 7.89. The Labute approximate surface area is 104 Å². The minimum Gasteiger partial charge on any atom is -0.323 e. The Bertz CT molecular complexity index is 375. The molecule has 4 heteroatoms. The molecule has 0 radical (unpaired) electrons. The second kappa shape index (κ2) is 4.42. The van der Waals surface area contributed by atoms with Crippen LogP contribution in [0.15, 0.2) is 12.3 Å². The first-order valence-corrected chi connectivity index (χ1v) is 6.43. The first kappa shape index (κ1) is 12.6. The summed E-state index contributed by atoms with van der Waals surface area (Å²) < 4.78 is 2.12. The van der Waals surface area contributed by atoms with Crippen molar-refractivity contribution < 1.29 is 0 Å². The highest BCUT2D eigenvalue weighted by molar-refractivity contribution is 5.07. The largest absolute Gasteiger partial charge is 0.323 e. The molecule has 0 saturated carbocycles. The van der Waals surface area contributed by atoms with Crippen molar-refractivity contribution in [3.63, 3.8) is 0 Å². The highest BCUT2D eigenvalue weighted by Crippen LogP contribution is 2.28. The summed E-state index contributed by atoms with van der Waals surface area (Å²) in [6.45, 7) is 11.0. The molecule has 1 fully saturated rings. The van der Waals surface area contributed by atoms with Gasteiger partial charge in [0.2, 0.25) is 0 Å². The van der Waals surface area contributed by atoms with Crippen LogP contribution in [0.2, 0.25) is 0 Å². The summed E-state index contributed by atoms with van der Waals surface area (Å²) in [6.07, 6.45) is 3.02. The predicted molar refractivity (Wildman–Crippen MR) is 69.8 cm³/mol. The number of nitrogens with zero attached hydrogens (tertiary/aromatic N) is 3. The molecule has 2 heterocycles. The molecule has 1 aliphatic rings. The highest BCUT2D eigenvalue weighted by atomic mass is 15.3. The Morgan fingerprint density at radius 1 is 1.47 bits per heavy atom. The molecule has 1 aliphatic heterocycles. The Balaban J connectivity index is 2.13. The first-order valence-electron chi connectivity index (χ1n) is 6.43. The lowest BCUT2D eigenvalue weighted by molar-refractivity contribution is 0.167. The molecule has 2 N–H and O–H groups in total. The van der Waals surface area contributed by atoms with Crippen LogP contribution in [-0.4, -0.2) is 33.3 Å². The van der Waals surface area contributed by atoms with Crippen molar-refractivity contribution >= 4 is 0 Å². The molecule has 4 nitrogen and oxygen atoms in total. The summed E-state index contributed by atoms with van der Waals surface area (Å²) in [5.41, 5.74) is 7.36. The number of likely N-dealkylation sites (tertiary alicyclic amines) is 1. The topological polar surface area (TPSA) is 47.1 Å². The van der Waals surface area contributed by atoms with Gasteiger partial charge in [0, 0.05) is 30.9 Å². The van der Waals surface area contributed by atoms with Crippen molar-refractivity contribution in [2.45, 2.75) is 51.7 Å². The summed E-state index contributed by atoms with van der Waals surface area (Å²) in [6, 6.07) is 2.57. The van der Waals surface area contributed by atoms with Crippen molar-refractivity contribution in [1.82, 2.24) is 14.7 Å². The van der Waals surface area contributed by atoms with E-state index in [1.54, 1.807) is 0 Å². The van der Waals surface area contributed by atoms with E-state index >= 15 is 0 Å². The predicted octanol–water partition coefficient (Wildman–Crippen LogP) is 1.95. The van der Waals surface area contributed by atoms with Gasteiger partial charge < -0.3 is 5.73 Å². The van der Waals surface area contributed by atoms with E-state index in [1.807, 2.05) is 19.2 Å². The minimum atomic E-state index is 0.0567. The Morgan fingerprint density at radius 2 is 2.18 bits per heavy atom. The Kier molecular flexibility index (Phi) is 3.27. The lowest BCUT2D eigenvalue weighted by atomic mass is 10.1. The monoisotopic (exact) mass is 236 g/mol. The standard InChI is InChI=1S/C13H24N4/c1-10(14)12-5-7-15-17(12)11-6-8-16(9-11)13(2,3)4/h5,7,10-11H,6,8-9,14H2,1-4H3. The van der Waals surface area contributed by atoms with E-state index in [2.05, 4.69) is 35.5 Å². The molecule has 1 saturated heterocycles. The van der Waals surface area contributed by atoms with Crippen molar-refractivity contribution in [3.8, 4) is 0 Å². The van der Waals surface area contributed by atoms with Crippen molar-refractivity contribution in [2.24, 2.45) is 5.73 Å². The van der Waals surface area contributed by atoms with Crippen LogP contribution >= 0.6 is 0 Å². The summed E-state index contributed by atoms with van der Waals surface area (Å²) in [5, 5.41) is 4.45. The number of hydrogen-bond acceptors (Lipinski definition) is 3. The van der Waals surface area contributed by atoms with E-state index in [4.69, 9.17) is 5.73 Å². The van der Waals surface area contributed by atoms with Gasteiger partial charge in [-0.1, -0.05) is 0 Å². The molecule has 96 valence electrons. The zero-order valence-corrected chi connectivity index (χ0v) is 11.3. The summed E-state index contributed by atoms with van der Waals surface area (Å²) in [5.74, 6) is 0. The van der Waals surface area contributed by atoms with Crippen molar-refractivity contribution in [1.29, 1.82) is 0 Å². The van der Waals surface area contributed by atoms with Crippen LogP contribution < -0.4 is 5.73 Å². The second-order valence-electron chi connectivity index (χ2n) is 6.05. The fraction of sp³-hybridized carbons (Fsp3) is 0.769. The molecule has 0 aliphatic carbocycles. The van der Waals surface area contributed by atoms with Gasteiger partial charge in [-0.25, -0.2) is 0 Å². The van der Waals surface area contributed by atoms with Gasteiger partial charge in [-0.05, 0) is 40.2 Å². The van der Waals surface area contributed by atoms with Crippen LogP contribution in [0.25, 0.3) is 0 Å². The molecule has 2 unspecified atom stereocenters. The number of aromatic nitrogens is 2. The smallest absolute Gasteiger partial charge is 0.0662 e. The fourth-order valence-electron chi connectivity index (χ4n) is 2.54. The summed E-state index contributed by atoms with van der Waals surface area (Å²) in [7, 11) is 0. The molecule has 17 heavy (non-hydrogen) atoms. The van der Waals surface area contributed by atoms with Gasteiger partial charge in [0.05, 0.1) is 11.7 Å². The van der Waals surface area contributed by atoms with Gasteiger partial charge in [-0.15, -0.1) is 0 Å². The molecule has 0 aromatic carbocycles. The van der Waals surface area contributed by atoms with E-state index in [1.165, 1.54) is 6.42 Å². The molecule has 0 amide bonds. The zero-order valence-electron chi connectivity index (χ0n) is 11.3. The SMILES string of the molecule is CC(N)c1ccnn1C1CCN(C(C)(C)C)C1. The zero-order chi connectivity index (χ0) is 12.6. The van der Waals surface area contributed by atoms with Crippen molar-refractivity contribution in [2.75, 3.05) is 13.1 Å². The quantitative estimate of drug-likeness (QED) is 0.853. The average molecular weight is 236 g/mol. The van der Waals surface area contributed by atoms with Crippen LogP contribution in [0.1, 0.15) is 51.9 Å². The van der Waals surface area contributed by atoms with Gasteiger partial charge in [0.25, 0.3) is 0 Å². The number of hydrogen-bond donors (Lipinski definition) is 1. The van der Waals surface area contributed by atoms with Crippen LogP contribution in [-0.2, 0) is 0 Å². The molecular formula is C13H24N4. The molecular weight excluding hydrogens is 212 g/mol. The molecule has 0 spiro atoms. The maximum atomic E-state index is 5.97. The van der Waals surface area contributed by atoms with Crippen LogP contribution in [0.5, 0.6) is 0 Å². The summed E-state index contributed by atoms with van der Waals surface area (Å²) >= 11 is 0. The minimum absolute atomic E-state index is 0.0567. The molecule has 1 aromatic rings. The van der Waals surface area contributed by atoms with Gasteiger partial charge in [-0.3, -0.25) is 9.58 Å². The van der Waals surface area contributed by atoms with Crippen molar-refractivity contribution in [3.05, 3.63) is 18.0 Å². The average Bonchev–Trinajstić information content (AvgIpc) is 2.85. The van der Waals surface area contributed by atoms with Crippen LogP contribution in [0.3, 0.4) is 0 Å². The fourth-order valence-corrected chi connectivity index (χ4v) is 2.54. The highest BCUT2D eigenvalue weighted by Gasteiger charge is 2.32. The second-order valence-corrected chi connectivity index (χ2v) is 6.05. The van der Waals surface area contributed by atoms with Gasteiger partial charge in [0.1, 0.15) is 0 Å². The van der Waals surface area contributed by atoms with Crippen LogP contribution in [0.4, 0.5) is 0 Å². The van der Waals surface area contributed by atoms with E-state index in [0.29, 0.717) is 6.04 Å². The molecule has 0 bridgehead atoms. The maximum absolute atomic E-state index is 5.97. The summed E-state index contributed by atoms with van der Waals surface area (Å²) in [4.78, 5) is 2.52. The normalized spacial score (nSPS) is 24.2.